The summed E-state index contributed by atoms with van der Waals surface area (Å²) >= 11 is 0. The SMILES string of the molecule is COc1cc(-c2cc(C(=O)N3CC[C@H](C(=O)NC[C@@H]4CCn5c(C)nnc5C4)CC34CC4)[nH]n2)c(F)cn1. The van der Waals surface area contributed by atoms with Crippen LogP contribution in [0.1, 0.15) is 54.2 Å². The number of nitrogens with one attached hydrogen (secondary N) is 2. The maximum atomic E-state index is 14.3. The van der Waals surface area contributed by atoms with E-state index in [1.807, 2.05) is 11.8 Å². The van der Waals surface area contributed by atoms with E-state index >= 15 is 0 Å². The largest absolute Gasteiger partial charge is 0.481 e. The van der Waals surface area contributed by atoms with Crippen LogP contribution in [-0.4, -0.2) is 72.4 Å². The molecule has 2 aliphatic heterocycles. The summed E-state index contributed by atoms with van der Waals surface area (Å²) in [6.07, 6.45) is 5.88. The second-order valence-electron chi connectivity index (χ2n) is 10.7. The fraction of sp³-hybridized carbons (Fsp3) is 0.538. The van der Waals surface area contributed by atoms with E-state index in [-0.39, 0.29) is 34.7 Å². The van der Waals surface area contributed by atoms with Gasteiger partial charge in [0.2, 0.25) is 11.8 Å². The van der Waals surface area contributed by atoms with Gasteiger partial charge in [0.05, 0.1) is 19.0 Å². The number of methoxy groups -OCH3 is 1. The average molecular weight is 523 g/mol. The molecule has 5 heterocycles. The monoisotopic (exact) mass is 522 g/mol. The van der Waals surface area contributed by atoms with E-state index in [0.717, 1.165) is 50.1 Å². The molecule has 0 radical (unpaired) electrons. The summed E-state index contributed by atoms with van der Waals surface area (Å²) in [4.78, 5) is 32.2. The van der Waals surface area contributed by atoms with Gasteiger partial charge in [-0.3, -0.25) is 14.7 Å². The molecule has 3 aliphatic rings. The number of H-pyrrole nitrogens is 1. The Bertz CT molecular complexity index is 1380. The molecule has 3 aromatic rings. The van der Waals surface area contributed by atoms with E-state index in [1.165, 1.54) is 13.2 Å². The summed E-state index contributed by atoms with van der Waals surface area (Å²) in [6, 6.07) is 3.01. The number of fused-ring (bicyclic) bond motifs is 1. The molecule has 6 rings (SSSR count). The van der Waals surface area contributed by atoms with Gasteiger partial charge in [0.25, 0.3) is 5.91 Å². The highest BCUT2D eigenvalue weighted by Gasteiger charge is 2.54. The minimum Gasteiger partial charge on any atom is -0.481 e. The zero-order valence-electron chi connectivity index (χ0n) is 21.5. The van der Waals surface area contributed by atoms with Gasteiger partial charge in [0, 0.05) is 49.1 Å². The normalized spacial score (nSPS) is 21.7. The number of hydrogen-bond donors (Lipinski definition) is 2. The molecule has 0 bridgehead atoms. The van der Waals surface area contributed by atoms with Crippen LogP contribution in [0.15, 0.2) is 18.3 Å². The van der Waals surface area contributed by atoms with Crippen LogP contribution in [0.25, 0.3) is 11.3 Å². The number of amides is 2. The summed E-state index contributed by atoms with van der Waals surface area (Å²) < 4.78 is 21.6. The first-order valence-electron chi connectivity index (χ1n) is 13.1. The molecule has 1 spiro atoms. The lowest BCUT2D eigenvalue weighted by Gasteiger charge is -2.39. The molecule has 2 amide bonds. The number of rotatable bonds is 6. The van der Waals surface area contributed by atoms with E-state index in [0.29, 0.717) is 43.2 Å². The van der Waals surface area contributed by atoms with Crippen LogP contribution < -0.4 is 10.1 Å². The number of halogens is 1. The lowest BCUT2D eigenvalue weighted by Crippen LogP contribution is -2.51. The molecule has 2 N–H and O–H groups in total. The van der Waals surface area contributed by atoms with Gasteiger partial charge in [-0.05, 0) is 51.0 Å². The second-order valence-corrected chi connectivity index (χ2v) is 10.7. The molecule has 3 aromatic heterocycles. The van der Waals surface area contributed by atoms with Gasteiger partial charge in [0.1, 0.15) is 17.3 Å². The number of pyridine rings is 1. The van der Waals surface area contributed by atoms with Crippen LogP contribution in [0.5, 0.6) is 5.88 Å². The summed E-state index contributed by atoms with van der Waals surface area (Å²) in [7, 11) is 1.45. The number of aryl methyl sites for hydroxylation is 1. The van der Waals surface area contributed by atoms with E-state index in [1.54, 1.807) is 6.07 Å². The third-order valence-corrected chi connectivity index (χ3v) is 8.28. The quantitative estimate of drug-likeness (QED) is 0.508. The Balaban J connectivity index is 1.07. The first-order valence-corrected chi connectivity index (χ1v) is 13.1. The molecule has 12 heteroatoms. The molecule has 1 saturated heterocycles. The molecule has 1 saturated carbocycles. The molecule has 0 unspecified atom stereocenters. The lowest BCUT2D eigenvalue weighted by molar-refractivity contribution is -0.127. The number of hydrogen-bond acceptors (Lipinski definition) is 7. The van der Waals surface area contributed by atoms with Crippen LogP contribution in [0.2, 0.25) is 0 Å². The summed E-state index contributed by atoms with van der Waals surface area (Å²) in [6.45, 7) is 3.97. The summed E-state index contributed by atoms with van der Waals surface area (Å²) in [5, 5.41) is 18.5. The highest BCUT2D eigenvalue weighted by molar-refractivity contribution is 5.94. The standard InChI is InChI=1S/C26H31FN8O3/c1-15-30-33-22-9-16(3-7-34(15)22)13-29-24(36)17-4-8-35(26(12-17)5-6-26)25(37)21-11-20(31-32-21)18-10-23(38-2)28-14-19(18)27/h10-11,14,16-17H,3-9,12-13H2,1-2H3,(H,29,36)(H,31,32)/t16-,17+/m1/s1. The van der Waals surface area contributed by atoms with Gasteiger partial charge in [-0.25, -0.2) is 9.37 Å². The van der Waals surface area contributed by atoms with Crippen LogP contribution in [0.3, 0.4) is 0 Å². The van der Waals surface area contributed by atoms with Gasteiger partial charge in [-0.1, -0.05) is 0 Å². The number of nitrogens with zero attached hydrogens (tertiary/aromatic N) is 6. The maximum absolute atomic E-state index is 14.3. The van der Waals surface area contributed by atoms with Crippen LogP contribution >= 0.6 is 0 Å². The molecule has 38 heavy (non-hydrogen) atoms. The van der Waals surface area contributed by atoms with Crippen LogP contribution in [0, 0.1) is 24.6 Å². The summed E-state index contributed by atoms with van der Waals surface area (Å²) in [5.41, 5.74) is 0.510. The van der Waals surface area contributed by atoms with Crippen molar-refractivity contribution in [3.63, 3.8) is 0 Å². The average Bonchev–Trinajstić information content (AvgIpc) is 3.34. The van der Waals surface area contributed by atoms with Gasteiger partial charge in [-0.2, -0.15) is 5.10 Å². The molecular formula is C26H31FN8O3. The van der Waals surface area contributed by atoms with Crippen molar-refractivity contribution in [2.75, 3.05) is 20.2 Å². The van der Waals surface area contributed by atoms with E-state index in [9.17, 15) is 14.0 Å². The number of piperidine rings is 1. The Morgan fingerprint density at radius 3 is 2.87 bits per heavy atom. The van der Waals surface area contributed by atoms with Crippen molar-refractivity contribution in [3.8, 4) is 17.1 Å². The number of carbonyl (C=O) groups is 2. The van der Waals surface area contributed by atoms with Gasteiger partial charge in [-0.15, -0.1) is 10.2 Å². The third-order valence-electron chi connectivity index (χ3n) is 8.28. The number of aromatic amines is 1. The van der Waals surface area contributed by atoms with Crippen molar-refractivity contribution in [1.82, 2.24) is 40.2 Å². The molecule has 0 aromatic carbocycles. The van der Waals surface area contributed by atoms with Crippen LogP contribution in [0.4, 0.5) is 4.39 Å². The Hall–Kier alpha value is -3.83. The number of carbonyl (C=O) groups excluding carboxylic acids is 2. The van der Waals surface area contributed by atoms with Gasteiger partial charge in [0.15, 0.2) is 5.82 Å². The van der Waals surface area contributed by atoms with Crippen molar-refractivity contribution in [1.29, 1.82) is 0 Å². The number of aromatic nitrogens is 6. The second kappa shape index (κ2) is 9.48. The van der Waals surface area contributed by atoms with Crippen molar-refractivity contribution >= 4 is 11.8 Å². The van der Waals surface area contributed by atoms with Crippen molar-refractivity contribution in [2.45, 2.75) is 57.5 Å². The Morgan fingerprint density at radius 1 is 1.24 bits per heavy atom. The molecule has 2 fully saturated rings. The Labute approximate surface area is 219 Å². The first-order chi connectivity index (χ1) is 18.4. The Morgan fingerprint density at radius 2 is 2.08 bits per heavy atom. The molecule has 1 aliphatic carbocycles. The Kier molecular flexibility index (Phi) is 6.11. The molecule has 200 valence electrons. The number of likely N-dealkylation sites (tertiary alicyclic amines) is 1. The zero-order chi connectivity index (χ0) is 26.4. The highest BCUT2D eigenvalue weighted by Crippen LogP contribution is 2.50. The van der Waals surface area contributed by atoms with Crippen molar-refractivity contribution in [3.05, 3.63) is 41.5 Å². The predicted molar refractivity (Wildman–Crippen MR) is 134 cm³/mol. The summed E-state index contributed by atoms with van der Waals surface area (Å²) in [5.74, 6) is 1.77. The predicted octanol–water partition coefficient (Wildman–Crippen LogP) is 2.28. The minimum atomic E-state index is -0.549. The number of ether oxygens (including phenoxy) is 1. The van der Waals surface area contributed by atoms with E-state index in [4.69, 9.17) is 4.74 Å². The van der Waals surface area contributed by atoms with Crippen LogP contribution in [-0.2, 0) is 17.8 Å². The third kappa shape index (κ3) is 4.41. The van der Waals surface area contributed by atoms with E-state index in [2.05, 4.69) is 35.3 Å². The van der Waals surface area contributed by atoms with Crippen molar-refractivity contribution in [2.24, 2.45) is 11.8 Å². The topological polar surface area (TPSA) is 131 Å². The lowest BCUT2D eigenvalue weighted by atomic mass is 9.87. The fourth-order valence-corrected chi connectivity index (χ4v) is 5.90. The smallest absolute Gasteiger partial charge is 0.272 e. The van der Waals surface area contributed by atoms with E-state index < -0.39 is 5.82 Å². The first kappa shape index (κ1) is 24.5. The van der Waals surface area contributed by atoms with Gasteiger partial charge < -0.3 is 19.5 Å². The fourth-order valence-electron chi connectivity index (χ4n) is 5.90. The maximum Gasteiger partial charge on any atom is 0.272 e. The molecular weight excluding hydrogens is 491 g/mol. The minimum absolute atomic E-state index is 0.0672. The molecule has 2 atom stereocenters. The molecule has 11 nitrogen and oxygen atoms in total. The zero-order valence-corrected chi connectivity index (χ0v) is 21.5. The highest BCUT2D eigenvalue weighted by atomic mass is 19.1. The van der Waals surface area contributed by atoms with Crippen molar-refractivity contribution < 1.29 is 18.7 Å². The van der Waals surface area contributed by atoms with Gasteiger partial charge >= 0.3 is 0 Å².